The largest absolute Gasteiger partial charge is 0.444 e. The maximum Gasteiger partial charge on any atom is 0.412 e. The zero-order chi connectivity index (χ0) is 12.1. The number of carbonyl (C=O) groups is 2. The fourth-order valence-corrected chi connectivity index (χ4v) is 1.47. The number of rotatable bonds is 2. The highest BCUT2D eigenvalue weighted by Gasteiger charge is 2.22. The molecule has 0 atom stereocenters. The van der Waals surface area contributed by atoms with Crippen molar-refractivity contribution in [3.8, 4) is 0 Å². The summed E-state index contributed by atoms with van der Waals surface area (Å²) in [6.07, 6.45) is -0.234. The number of nitrogens with zero attached hydrogens (tertiary/aromatic N) is 1. The van der Waals surface area contributed by atoms with Crippen LogP contribution in [0.15, 0.2) is 30.3 Å². The average Bonchev–Trinajstić information content (AvgIpc) is 2.38. The topological polar surface area (TPSA) is 55.8 Å². The van der Waals surface area contributed by atoms with Gasteiger partial charge in [0.2, 0.25) is 0 Å². The Hall–Kier alpha value is -2.04. The Morgan fingerprint density at radius 3 is 2.76 bits per heavy atom. The lowest BCUT2D eigenvalue weighted by molar-refractivity contribution is -0.153. The Bertz CT molecular complexity index is 394. The normalized spacial score (nSPS) is 15.3. The SMILES string of the molecule is O=C1CCN(C(=O)OCc2ccccc2)CO1. The summed E-state index contributed by atoms with van der Waals surface area (Å²) < 4.78 is 9.85. The van der Waals surface area contributed by atoms with Gasteiger partial charge in [-0.05, 0) is 5.56 Å². The van der Waals surface area contributed by atoms with Crippen molar-refractivity contribution in [3.63, 3.8) is 0 Å². The van der Waals surface area contributed by atoms with Crippen molar-refractivity contribution in [1.29, 1.82) is 0 Å². The highest BCUT2D eigenvalue weighted by molar-refractivity contribution is 5.74. The van der Waals surface area contributed by atoms with Crippen LogP contribution in [0.2, 0.25) is 0 Å². The number of hydrogen-bond donors (Lipinski definition) is 0. The van der Waals surface area contributed by atoms with Crippen molar-refractivity contribution in [2.75, 3.05) is 13.3 Å². The van der Waals surface area contributed by atoms with Gasteiger partial charge in [0, 0.05) is 6.54 Å². The van der Waals surface area contributed by atoms with Crippen LogP contribution < -0.4 is 0 Å². The van der Waals surface area contributed by atoms with E-state index in [-0.39, 0.29) is 25.7 Å². The van der Waals surface area contributed by atoms with Gasteiger partial charge >= 0.3 is 12.1 Å². The number of esters is 1. The Morgan fingerprint density at radius 1 is 1.35 bits per heavy atom. The molecule has 0 radical (unpaired) electrons. The monoisotopic (exact) mass is 235 g/mol. The number of hydrogen-bond acceptors (Lipinski definition) is 4. The molecule has 2 rings (SSSR count). The maximum absolute atomic E-state index is 11.6. The molecule has 0 spiro atoms. The number of benzene rings is 1. The Labute approximate surface area is 98.9 Å². The van der Waals surface area contributed by atoms with Crippen molar-refractivity contribution >= 4 is 12.1 Å². The summed E-state index contributed by atoms with van der Waals surface area (Å²) in [5.74, 6) is -0.280. The second-order valence-electron chi connectivity index (χ2n) is 3.70. The third-order valence-electron chi connectivity index (χ3n) is 2.43. The first-order valence-corrected chi connectivity index (χ1v) is 5.37. The van der Waals surface area contributed by atoms with E-state index in [1.807, 2.05) is 30.3 Å². The molecule has 90 valence electrons. The molecule has 1 fully saturated rings. The van der Waals surface area contributed by atoms with Crippen molar-refractivity contribution in [2.45, 2.75) is 13.0 Å². The van der Waals surface area contributed by atoms with E-state index >= 15 is 0 Å². The fraction of sp³-hybridized carbons (Fsp3) is 0.333. The number of ether oxygens (including phenoxy) is 2. The molecule has 1 aromatic rings. The molecule has 0 unspecified atom stereocenters. The zero-order valence-electron chi connectivity index (χ0n) is 9.30. The highest BCUT2D eigenvalue weighted by atomic mass is 16.6. The predicted octanol–water partition coefficient (Wildman–Crippen LogP) is 1.53. The summed E-state index contributed by atoms with van der Waals surface area (Å²) in [4.78, 5) is 23.8. The lowest BCUT2D eigenvalue weighted by Gasteiger charge is -2.25. The first-order chi connectivity index (χ1) is 8.25. The number of carbonyl (C=O) groups excluding carboxylic acids is 2. The fourth-order valence-electron chi connectivity index (χ4n) is 1.47. The van der Waals surface area contributed by atoms with E-state index in [9.17, 15) is 9.59 Å². The van der Waals surface area contributed by atoms with Gasteiger partial charge in [0.25, 0.3) is 0 Å². The second kappa shape index (κ2) is 5.34. The highest BCUT2D eigenvalue weighted by Crippen LogP contribution is 2.07. The van der Waals surface area contributed by atoms with Gasteiger partial charge in [0.1, 0.15) is 6.61 Å². The van der Waals surface area contributed by atoms with Crippen molar-refractivity contribution in [3.05, 3.63) is 35.9 Å². The minimum absolute atomic E-state index is 0.0214. The summed E-state index contributed by atoms with van der Waals surface area (Å²) in [5, 5.41) is 0. The van der Waals surface area contributed by atoms with Gasteiger partial charge in [-0.3, -0.25) is 9.69 Å². The Morgan fingerprint density at radius 2 is 2.12 bits per heavy atom. The van der Waals surface area contributed by atoms with E-state index in [4.69, 9.17) is 9.47 Å². The second-order valence-corrected chi connectivity index (χ2v) is 3.70. The molecule has 0 aromatic heterocycles. The molecule has 1 aromatic carbocycles. The number of cyclic esters (lactones) is 1. The van der Waals surface area contributed by atoms with Gasteiger partial charge in [-0.25, -0.2) is 4.79 Å². The van der Waals surface area contributed by atoms with E-state index in [0.717, 1.165) is 5.56 Å². The standard InChI is InChI=1S/C12H13NO4/c14-11-6-7-13(9-17-11)12(15)16-8-10-4-2-1-3-5-10/h1-5H,6-9H2. The molecule has 1 aliphatic rings. The van der Waals surface area contributed by atoms with E-state index in [1.54, 1.807) is 0 Å². The number of amides is 1. The van der Waals surface area contributed by atoms with Crippen LogP contribution in [0.25, 0.3) is 0 Å². The third-order valence-corrected chi connectivity index (χ3v) is 2.43. The molecule has 1 heterocycles. The van der Waals surface area contributed by atoms with Gasteiger partial charge in [-0.15, -0.1) is 0 Å². The molecule has 0 bridgehead atoms. The molecule has 17 heavy (non-hydrogen) atoms. The van der Waals surface area contributed by atoms with Gasteiger partial charge in [-0.1, -0.05) is 30.3 Å². The molecule has 0 saturated carbocycles. The molecule has 0 aliphatic carbocycles. The zero-order valence-corrected chi connectivity index (χ0v) is 9.30. The van der Waals surface area contributed by atoms with Gasteiger partial charge in [-0.2, -0.15) is 0 Å². The molecule has 1 amide bonds. The lowest BCUT2D eigenvalue weighted by Crippen LogP contribution is -2.40. The molecule has 5 nitrogen and oxygen atoms in total. The first-order valence-electron chi connectivity index (χ1n) is 5.37. The quantitative estimate of drug-likeness (QED) is 0.729. The Balaban J connectivity index is 1.80. The molecule has 1 saturated heterocycles. The van der Waals surface area contributed by atoms with Gasteiger partial charge < -0.3 is 9.47 Å². The average molecular weight is 235 g/mol. The molecule has 1 aliphatic heterocycles. The lowest BCUT2D eigenvalue weighted by atomic mass is 10.2. The van der Waals surface area contributed by atoms with Crippen LogP contribution in [0.4, 0.5) is 4.79 Å². The van der Waals surface area contributed by atoms with Crippen LogP contribution in [-0.2, 0) is 20.9 Å². The summed E-state index contributed by atoms with van der Waals surface area (Å²) in [6, 6.07) is 9.42. The van der Waals surface area contributed by atoms with E-state index in [0.29, 0.717) is 6.54 Å². The van der Waals surface area contributed by atoms with Crippen LogP contribution in [-0.4, -0.2) is 30.2 Å². The summed E-state index contributed by atoms with van der Waals surface area (Å²) in [6.45, 7) is 0.559. The third kappa shape index (κ3) is 3.21. The van der Waals surface area contributed by atoms with Gasteiger partial charge in [0.05, 0.1) is 6.42 Å². The summed E-state index contributed by atoms with van der Waals surface area (Å²) >= 11 is 0. The van der Waals surface area contributed by atoms with Crippen LogP contribution in [0.5, 0.6) is 0 Å². The van der Waals surface area contributed by atoms with Crippen LogP contribution in [0.1, 0.15) is 12.0 Å². The van der Waals surface area contributed by atoms with E-state index in [2.05, 4.69) is 0 Å². The van der Waals surface area contributed by atoms with Crippen LogP contribution in [0.3, 0.4) is 0 Å². The smallest absolute Gasteiger partial charge is 0.412 e. The molecular formula is C12H13NO4. The molecular weight excluding hydrogens is 222 g/mol. The van der Waals surface area contributed by atoms with Gasteiger partial charge in [0.15, 0.2) is 6.73 Å². The summed E-state index contributed by atoms with van der Waals surface area (Å²) in [7, 11) is 0. The van der Waals surface area contributed by atoms with E-state index in [1.165, 1.54) is 4.90 Å². The summed E-state index contributed by atoms with van der Waals surface area (Å²) in [5.41, 5.74) is 0.926. The maximum atomic E-state index is 11.6. The minimum Gasteiger partial charge on any atom is -0.444 e. The van der Waals surface area contributed by atoms with E-state index < -0.39 is 6.09 Å². The van der Waals surface area contributed by atoms with Crippen molar-refractivity contribution in [2.24, 2.45) is 0 Å². The molecule has 0 N–H and O–H groups in total. The predicted molar refractivity (Wildman–Crippen MR) is 58.9 cm³/mol. The first kappa shape index (κ1) is 11.4. The minimum atomic E-state index is -0.457. The van der Waals surface area contributed by atoms with Crippen molar-refractivity contribution < 1.29 is 19.1 Å². The molecule has 5 heteroatoms. The Kier molecular flexibility index (Phi) is 3.59. The van der Waals surface area contributed by atoms with Crippen LogP contribution in [0, 0.1) is 0 Å². The van der Waals surface area contributed by atoms with Crippen molar-refractivity contribution in [1.82, 2.24) is 4.90 Å². The van der Waals surface area contributed by atoms with Crippen LogP contribution >= 0.6 is 0 Å².